The van der Waals surface area contributed by atoms with Crippen LogP contribution >= 0.6 is 0 Å². The van der Waals surface area contributed by atoms with Gasteiger partial charge in [0.1, 0.15) is 0 Å². The van der Waals surface area contributed by atoms with Gasteiger partial charge >= 0.3 is 0 Å². The van der Waals surface area contributed by atoms with Crippen molar-refractivity contribution in [1.82, 2.24) is 10.6 Å². The van der Waals surface area contributed by atoms with Crippen LogP contribution in [0.15, 0.2) is 0 Å². The van der Waals surface area contributed by atoms with Crippen molar-refractivity contribution in [3.8, 4) is 0 Å². The Kier molecular flexibility index (Phi) is 4.28. The van der Waals surface area contributed by atoms with E-state index in [1.54, 1.807) is 0 Å². The Morgan fingerprint density at radius 1 is 1.44 bits per heavy atom. The minimum atomic E-state index is 0.0145. The summed E-state index contributed by atoms with van der Waals surface area (Å²) in [6.45, 7) is 8.09. The molecule has 4 nitrogen and oxygen atoms in total. The molecule has 2 unspecified atom stereocenters. The first kappa shape index (κ1) is 13.8. The summed E-state index contributed by atoms with van der Waals surface area (Å²) in [5.41, 5.74) is 0.0559. The Bertz CT molecular complexity index is 298. The average Bonchev–Trinajstić information content (AvgIpc) is 2.38. The second kappa shape index (κ2) is 5.57. The molecule has 1 saturated carbocycles. The summed E-state index contributed by atoms with van der Waals surface area (Å²) in [5, 5.41) is 6.48. The third-order valence-electron chi connectivity index (χ3n) is 4.49. The van der Waals surface area contributed by atoms with Crippen molar-refractivity contribution in [3.63, 3.8) is 0 Å². The van der Waals surface area contributed by atoms with Crippen molar-refractivity contribution < 1.29 is 9.53 Å². The number of nitrogens with one attached hydrogen (secondary N) is 2. The van der Waals surface area contributed by atoms with Gasteiger partial charge in [-0.15, -0.1) is 0 Å². The Morgan fingerprint density at radius 2 is 2.22 bits per heavy atom. The first-order chi connectivity index (χ1) is 8.55. The first-order valence-corrected chi connectivity index (χ1v) is 7.21. The number of hydrogen-bond donors (Lipinski definition) is 2. The van der Waals surface area contributed by atoms with E-state index in [1.807, 2.05) is 6.92 Å². The summed E-state index contributed by atoms with van der Waals surface area (Å²) in [6.07, 6.45) is 4.53. The monoisotopic (exact) mass is 254 g/mol. The van der Waals surface area contributed by atoms with Gasteiger partial charge in [-0.25, -0.2) is 0 Å². The van der Waals surface area contributed by atoms with Crippen molar-refractivity contribution in [2.45, 2.75) is 64.6 Å². The maximum atomic E-state index is 12.1. The van der Waals surface area contributed by atoms with Crippen LogP contribution in [0, 0.1) is 5.41 Å². The van der Waals surface area contributed by atoms with Crippen molar-refractivity contribution >= 4 is 5.91 Å². The molecule has 2 fully saturated rings. The molecule has 1 aliphatic heterocycles. The highest BCUT2D eigenvalue weighted by Crippen LogP contribution is 2.42. The molecule has 3 atom stereocenters. The van der Waals surface area contributed by atoms with Crippen LogP contribution in [0.5, 0.6) is 0 Å². The number of ether oxygens (including phenoxy) is 1. The van der Waals surface area contributed by atoms with Gasteiger partial charge in [0.2, 0.25) is 5.91 Å². The van der Waals surface area contributed by atoms with E-state index in [4.69, 9.17) is 4.74 Å². The molecule has 0 spiro atoms. The largest absolute Gasteiger partial charge is 0.378 e. The zero-order valence-electron chi connectivity index (χ0n) is 11.8. The van der Waals surface area contributed by atoms with Crippen LogP contribution in [0.1, 0.15) is 46.5 Å². The second-order valence-electron chi connectivity index (χ2n) is 6.06. The summed E-state index contributed by atoms with van der Waals surface area (Å²) in [6, 6.07) is 0.269. The average molecular weight is 254 g/mol. The van der Waals surface area contributed by atoms with Crippen LogP contribution < -0.4 is 10.6 Å². The summed E-state index contributed by atoms with van der Waals surface area (Å²) in [4.78, 5) is 12.1. The maximum absolute atomic E-state index is 12.1. The summed E-state index contributed by atoms with van der Waals surface area (Å²) in [7, 11) is 0. The van der Waals surface area contributed by atoms with Gasteiger partial charge in [-0.1, -0.05) is 20.3 Å². The second-order valence-corrected chi connectivity index (χ2v) is 6.06. The fourth-order valence-electron chi connectivity index (χ4n) is 2.96. The third kappa shape index (κ3) is 2.69. The van der Waals surface area contributed by atoms with E-state index < -0.39 is 0 Å². The van der Waals surface area contributed by atoms with Crippen LogP contribution in [0.4, 0.5) is 0 Å². The van der Waals surface area contributed by atoms with Gasteiger partial charge in [0.05, 0.1) is 12.1 Å². The van der Waals surface area contributed by atoms with Crippen LogP contribution in [0.25, 0.3) is 0 Å². The van der Waals surface area contributed by atoms with E-state index in [0.29, 0.717) is 0 Å². The number of piperidine rings is 1. The molecule has 0 bridgehead atoms. The van der Waals surface area contributed by atoms with E-state index in [9.17, 15) is 4.79 Å². The molecule has 2 aliphatic rings. The van der Waals surface area contributed by atoms with E-state index in [1.165, 1.54) is 6.42 Å². The van der Waals surface area contributed by atoms with Gasteiger partial charge in [-0.3, -0.25) is 4.79 Å². The van der Waals surface area contributed by atoms with E-state index in [2.05, 4.69) is 24.5 Å². The number of carbonyl (C=O) groups excluding carboxylic acids is 1. The lowest BCUT2D eigenvalue weighted by Gasteiger charge is -2.52. The Hall–Kier alpha value is -0.610. The summed E-state index contributed by atoms with van der Waals surface area (Å²) < 4.78 is 5.68. The normalized spacial score (nSPS) is 34.7. The Labute approximate surface area is 110 Å². The molecule has 4 heteroatoms. The first-order valence-electron chi connectivity index (χ1n) is 7.21. The fourth-order valence-corrected chi connectivity index (χ4v) is 2.96. The topological polar surface area (TPSA) is 50.4 Å². The lowest BCUT2D eigenvalue weighted by molar-refractivity contribution is -0.138. The van der Waals surface area contributed by atoms with Crippen molar-refractivity contribution in [1.29, 1.82) is 0 Å². The quantitative estimate of drug-likeness (QED) is 0.798. The van der Waals surface area contributed by atoms with Crippen LogP contribution in [-0.4, -0.2) is 37.2 Å². The van der Waals surface area contributed by atoms with Gasteiger partial charge in [0, 0.05) is 18.1 Å². The van der Waals surface area contributed by atoms with Crippen LogP contribution in [0.3, 0.4) is 0 Å². The molecule has 18 heavy (non-hydrogen) atoms. The molecule has 0 aromatic carbocycles. The molecule has 0 aromatic heterocycles. The standard InChI is InChI=1S/C14H26N2O2/c1-4-18-12-9-11(14(12,2)3)16-13(17)10-7-5-6-8-15-10/h10-12,15H,4-9H2,1-3H3,(H,16,17)/t10-,11?,12?/m1/s1. The molecule has 104 valence electrons. The Morgan fingerprint density at radius 3 is 2.78 bits per heavy atom. The summed E-state index contributed by atoms with van der Waals surface area (Å²) >= 11 is 0. The fraction of sp³-hybridized carbons (Fsp3) is 0.929. The lowest BCUT2D eigenvalue weighted by atomic mass is 9.64. The van der Waals surface area contributed by atoms with Crippen molar-refractivity contribution in [2.75, 3.05) is 13.2 Å². The zero-order chi connectivity index (χ0) is 13.2. The number of hydrogen-bond acceptors (Lipinski definition) is 3. The van der Waals surface area contributed by atoms with Gasteiger partial charge in [-0.2, -0.15) is 0 Å². The highest BCUT2D eigenvalue weighted by Gasteiger charge is 2.49. The van der Waals surface area contributed by atoms with Crippen LogP contribution in [0.2, 0.25) is 0 Å². The maximum Gasteiger partial charge on any atom is 0.237 e. The van der Waals surface area contributed by atoms with E-state index in [0.717, 1.165) is 32.4 Å². The van der Waals surface area contributed by atoms with Gasteiger partial charge in [-0.05, 0) is 32.7 Å². The number of amides is 1. The van der Waals surface area contributed by atoms with Gasteiger partial charge in [0.15, 0.2) is 0 Å². The summed E-state index contributed by atoms with van der Waals surface area (Å²) in [5.74, 6) is 0.169. The highest BCUT2D eigenvalue weighted by atomic mass is 16.5. The lowest BCUT2D eigenvalue weighted by Crippen LogP contribution is -2.64. The van der Waals surface area contributed by atoms with Crippen molar-refractivity contribution in [2.24, 2.45) is 5.41 Å². The highest BCUT2D eigenvalue weighted by molar-refractivity contribution is 5.82. The third-order valence-corrected chi connectivity index (χ3v) is 4.49. The SMILES string of the molecule is CCOC1CC(NC(=O)[C@H]2CCCCN2)C1(C)C. The number of rotatable bonds is 4. The molecule has 2 N–H and O–H groups in total. The van der Waals surface area contributed by atoms with Gasteiger partial charge < -0.3 is 15.4 Å². The zero-order valence-corrected chi connectivity index (χ0v) is 11.8. The molecule has 1 aliphatic carbocycles. The van der Waals surface area contributed by atoms with Gasteiger partial charge in [0.25, 0.3) is 0 Å². The molecule has 1 amide bonds. The number of carbonyl (C=O) groups is 1. The molecule has 0 aromatic rings. The molecule has 1 saturated heterocycles. The molecule has 1 heterocycles. The molecule has 2 rings (SSSR count). The minimum absolute atomic E-state index is 0.0145. The smallest absolute Gasteiger partial charge is 0.237 e. The van der Waals surface area contributed by atoms with E-state index in [-0.39, 0.29) is 29.5 Å². The predicted octanol–water partition coefficient (Wildman–Crippen LogP) is 1.45. The minimum Gasteiger partial charge on any atom is -0.378 e. The molecular formula is C14H26N2O2. The Balaban J connectivity index is 1.81. The van der Waals surface area contributed by atoms with Crippen molar-refractivity contribution in [3.05, 3.63) is 0 Å². The van der Waals surface area contributed by atoms with E-state index >= 15 is 0 Å². The molecule has 0 radical (unpaired) electrons. The van der Waals surface area contributed by atoms with Crippen LogP contribution in [-0.2, 0) is 9.53 Å². The molecular weight excluding hydrogens is 228 g/mol. The predicted molar refractivity (Wildman–Crippen MR) is 71.4 cm³/mol.